The maximum atomic E-state index is 7.00. The third-order valence-electron chi connectivity index (χ3n) is 9.38. The lowest BCUT2D eigenvalue weighted by atomic mass is 9.73. The molecule has 7 aromatic carbocycles. The Labute approximate surface area is 257 Å². The molecule has 2 heterocycles. The van der Waals surface area contributed by atoms with E-state index in [1.54, 1.807) is 0 Å². The molecule has 0 fully saturated rings. The molecule has 0 amide bonds. The van der Waals surface area contributed by atoms with Gasteiger partial charge in [0.25, 0.3) is 0 Å². The van der Waals surface area contributed by atoms with Gasteiger partial charge in [0.1, 0.15) is 0 Å². The first-order valence-corrected chi connectivity index (χ1v) is 15.2. The molecule has 2 aliphatic heterocycles. The van der Waals surface area contributed by atoms with Crippen molar-refractivity contribution < 1.29 is 4.74 Å². The first-order valence-electron chi connectivity index (χ1n) is 15.2. The Morgan fingerprint density at radius 1 is 0.545 bits per heavy atom. The molecule has 0 aliphatic carbocycles. The average Bonchev–Trinajstić information content (AvgIpc) is 3.07. The van der Waals surface area contributed by atoms with Gasteiger partial charge in [-0.3, -0.25) is 0 Å². The van der Waals surface area contributed by atoms with E-state index in [1.807, 2.05) is 0 Å². The van der Waals surface area contributed by atoms with Crippen LogP contribution >= 0.6 is 0 Å². The summed E-state index contributed by atoms with van der Waals surface area (Å²) in [5.41, 5.74) is 8.91. The van der Waals surface area contributed by atoms with Crippen LogP contribution in [0.1, 0.15) is 25.0 Å². The summed E-state index contributed by atoms with van der Waals surface area (Å²) >= 11 is 0. The third kappa shape index (κ3) is 3.50. The number of hydrogen-bond acceptors (Lipinski definition) is 3. The third-order valence-corrected chi connectivity index (χ3v) is 9.38. The molecule has 3 heteroatoms. The van der Waals surface area contributed by atoms with Gasteiger partial charge < -0.3 is 14.5 Å². The number of nitrogens with zero attached hydrogens (tertiary/aromatic N) is 2. The number of ether oxygens (including phenoxy) is 1. The topological polar surface area (TPSA) is 15.7 Å². The van der Waals surface area contributed by atoms with E-state index < -0.39 is 0 Å². The zero-order valence-electron chi connectivity index (χ0n) is 24.7. The van der Waals surface area contributed by atoms with E-state index in [9.17, 15) is 0 Å². The highest BCUT2D eigenvalue weighted by Crippen LogP contribution is 2.62. The summed E-state index contributed by atoms with van der Waals surface area (Å²) in [5, 5.41) is 4.80. The van der Waals surface area contributed by atoms with Crippen molar-refractivity contribution in [1.82, 2.24) is 0 Å². The minimum absolute atomic E-state index is 0.210. The smallest absolute Gasteiger partial charge is 0.175 e. The fraction of sp³-hybridized carbons (Fsp3) is 0.0732. The van der Waals surface area contributed by atoms with E-state index >= 15 is 0 Å². The molecule has 3 nitrogen and oxygen atoms in total. The standard InChI is InChI=1S/C41H30N2O/c1-41(2)32-17-7-8-18-35(32)43-36-19-9-10-21-38(36)44-40-37(25-24-33(41)39(40)43)42(30-23-22-27-12-3-4-14-29(27)26-30)34-20-11-15-28-13-5-6-16-31(28)34/h3-26H,1-2H3. The first-order chi connectivity index (χ1) is 21.6. The van der Waals surface area contributed by atoms with Gasteiger partial charge in [-0.15, -0.1) is 0 Å². The lowest BCUT2D eigenvalue weighted by molar-refractivity contribution is 0.472. The number of rotatable bonds is 3. The lowest BCUT2D eigenvalue weighted by Gasteiger charge is -2.45. The zero-order chi connectivity index (χ0) is 29.4. The Kier molecular flexibility index (Phi) is 5.24. The maximum absolute atomic E-state index is 7.00. The second-order valence-electron chi connectivity index (χ2n) is 12.2. The molecule has 0 spiro atoms. The highest BCUT2D eigenvalue weighted by Gasteiger charge is 2.43. The minimum atomic E-state index is -0.210. The van der Waals surface area contributed by atoms with E-state index in [0.717, 1.165) is 39.9 Å². The number of para-hydroxylation sites is 3. The predicted octanol–water partition coefficient (Wildman–Crippen LogP) is 11.7. The number of anilines is 6. The molecule has 0 atom stereocenters. The van der Waals surface area contributed by atoms with E-state index in [1.165, 1.54) is 38.4 Å². The summed E-state index contributed by atoms with van der Waals surface area (Å²) < 4.78 is 7.00. The second-order valence-corrected chi connectivity index (χ2v) is 12.2. The van der Waals surface area contributed by atoms with Gasteiger partial charge in [-0.1, -0.05) is 117 Å². The Balaban J connectivity index is 1.38. The largest absolute Gasteiger partial charge is 0.451 e. The fourth-order valence-corrected chi connectivity index (χ4v) is 7.24. The van der Waals surface area contributed by atoms with Crippen molar-refractivity contribution in [3.05, 3.63) is 157 Å². The van der Waals surface area contributed by atoms with Crippen LogP contribution in [-0.4, -0.2) is 0 Å². The molecule has 0 bridgehead atoms. The molecule has 0 radical (unpaired) electrons. The van der Waals surface area contributed by atoms with E-state index in [-0.39, 0.29) is 5.41 Å². The molecule has 0 unspecified atom stereocenters. The Morgan fingerprint density at radius 2 is 1.25 bits per heavy atom. The quantitative estimate of drug-likeness (QED) is 0.212. The van der Waals surface area contributed by atoms with Crippen LogP contribution in [0.5, 0.6) is 11.5 Å². The minimum Gasteiger partial charge on any atom is -0.451 e. The monoisotopic (exact) mass is 566 g/mol. The van der Waals surface area contributed by atoms with Crippen LogP contribution < -0.4 is 14.5 Å². The molecule has 0 N–H and O–H groups in total. The highest BCUT2D eigenvalue weighted by molar-refractivity contribution is 6.03. The SMILES string of the molecule is CC1(C)c2ccccc2N2c3ccccc3Oc3c(N(c4ccc5ccccc5c4)c4cccc5ccccc45)ccc1c32. The van der Waals surface area contributed by atoms with Crippen molar-refractivity contribution in [3.8, 4) is 11.5 Å². The second kappa shape index (κ2) is 9.23. The highest BCUT2D eigenvalue weighted by atomic mass is 16.5. The van der Waals surface area contributed by atoms with Crippen molar-refractivity contribution in [2.75, 3.05) is 9.80 Å². The molecular weight excluding hydrogens is 536 g/mol. The summed E-state index contributed by atoms with van der Waals surface area (Å²) in [6, 6.07) is 52.2. The normalized spacial score (nSPS) is 14.0. The van der Waals surface area contributed by atoms with E-state index in [4.69, 9.17) is 4.74 Å². The van der Waals surface area contributed by atoms with Gasteiger partial charge in [0.05, 0.1) is 28.4 Å². The summed E-state index contributed by atoms with van der Waals surface area (Å²) in [4.78, 5) is 4.79. The van der Waals surface area contributed by atoms with Gasteiger partial charge in [-0.25, -0.2) is 0 Å². The van der Waals surface area contributed by atoms with E-state index in [2.05, 4.69) is 169 Å². The van der Waals surface area contributed by atoms with Crippen LogP contribution in [0.2, 0.25) is 0 Å². The Morgan fingerprint density at radius 3 is 2.14 bits per heavy atom. The van der Waals surface area contributed by atoms with Gasteiger partial charge in [0.2, 0.25) is 0 Å². The van der Waals surface area contributed by atoms with Crippen LogP contribution in [0.15, 0.2) is 146 Å². The zero-order valence-corrected chi connectivity index (χ0v) is 24.7. The predicted molar refractivity (Wildman–Crippen MR) is 183 cm³/mol. The molecule has 0 aromatic heterocycles. The fourth-order valence-electron chi connectivity index (χ4n) is 7.24. The molecular formula is C41H30N2O. The summed E-state index contributed by atoms with van der Waals surface area (Å²) in [6.45, 7) is 4.65. The van der Waals surface area contributed by atoms with Crippen LogP contribution in [0.4, 0.5) is 34.1 Å². The van der Waals surface area contributed by atoms with Crippen LogP contribution in [0.25, 0.3) is 21.5 Å². The van der Waals surface area contributed by atoms with Crippen molar-refractivity contribution in [3.63, 3.8) is 0 Å². The molecule has 2 aliphatic rings. The summed E-state index contributed by atoms with van der Waals surface area (Å²) in [6.07, 6.45) is 0. The number of fused-ring (bicyclic) bond motifs is 6. The number of hydrogen-bond donors (Lipinski definition) is 0. The molecule has 7 aromatic rings. The van der Waals surface area contributed by atoms with Gasteiger partial charge in [0, 0.05) is 16.5 Å². The van der Waals surface area contributed by atoms with Gasteiger partial charge in [-0.05, 0) is 69.8 Å². The van der Waals surface area contributed by atoms with Crippen molar-refractivity contribution >= 4 is 55.7 Å². The molecule has 210 valence electrons. The van der Waals surface area contributed by atoms with Gasteiger partial charge in [-0.2, -0.15) is 0 Å². The van der Waals surface area contributed by atoms with Gasteiger partial charge in [0.15, 0.2) is 11.5 Å². The van der Waals surface area contributed by atoms with Crippen molar-refractivity contribution in [1.29, 1.82) is 0 Å². The van der Waals surface area contributed by atoms with Crippen LogP contribution in [0, 0.1) is 0 Å². The summed E-state index contributed by atoms with van der Waals surface area (Å²) in [7, 11) is 0. The number of benzene rings is 7. The summed E-state index contributed by atoms with van der Waals surface area (Å²) in [5.74, 6) is 1.72. The molecule has 0 saturated carbocycles. The average molecular weight is 567 g/mol. The van der Waals surface area contributed by atoms with Crippen molar-refractivity contribution in [2.45, 2.75) is 19.3 Å². The van der Waals surface area contributed by atoms with Crippen LogP contribution in [-0.2, 0) is 5.41 Å². The molecule has 0 saturated heterocycles. The van der Waals surface area contributed by atoms with E-state index in [0.29, 0.717) is 0 Å². The Hall–Kier alpha value is -5.54. The van der Waals surface area contributed by atoms with Gasteiger partial charge >= 0.3 is 0 Å². The first kappa shape index (κ1) is 25.0. The molecule has 44 heavy (non-hydrogen) atoms. The maximum Gasteiger partial charge on any atom is 0.175 e. The lowest BCUT2D eigenvalue weighted by Crippen LogP contribution is -2.32. The molecule has 9 rings (SSSR count). The van der Waals surface area contributed by atoms with Crippen molar-refractivity contribution in [2.24, 2.45) is 0 Å². The van der Waals surface area contributed by atoms with Crippen LogP contribution in [0.3, 0.4) is 0 Å². The Bertz CT molecular complexity index is 2260.